The fourth-order valence-corrected chi connectivity index (χ4v) is 3.31. The monoisotopic (exact) mass is 500 g/mol. The molecule has 0 unspecified atom stereocenters. The Morgan fingerprint density at radius 3 is 2.56 bits per heavy atom. The summed E-state index contributed by atoms with van der Waals surface area (Å²) in [6.07, 6.45) is -1.73. The minimum Gasteiger partial charge on any atom is -0.389 e. The van der Waals surface area contributed by atoms with Crippen LogP contribution in [0.15, 0.2) is 45.7 Å². The summed E-state index contributed by atoms with van der Waals surface area (Å²) < 4.78 is 53.0. The molecule has 1 N–H and O–H groups in total. The molecule has 0 saturated carbocycles. The molecule has 1 fully saturated rings. The fraction of sp³-hybridized carbons (Fsp3) is 0.370. The lowest BCUT2D eigenvalue weighted by Crippen LogP contribution is -2.45. The summed E-state index contributed by atoms with van der Waals surface area (Å²) in [4.78, 5) is 22.2. The first kappa shape index (κ1) is 28.4. The van der Waals surface area contributed by atoms with Crippen molar-refractivity contribution in [3.05, 3.63) is 52.6 Å². The Bertz CT molecular complexity index is 1200. The number of ketones is 1. The third kappa shape index (κ3) is 7.84. The maximum atomic E-state index is 14.4. The molecule has 1 heterocycles. The van der Waals surface area contributed by atoms with Crippen molar-refractivity contribution in [2.75, 3.05) is 27.2 Å². The highest BCUT2D eigenvalue weighted by atomic mass is 19.4. The van der Waals surface area contributed by atoms with E-state index in [2.05, 4.69) is 45.7 Å². The third-order valence-corrected chi connectivity index (χ3v) is 5.14. The van der Waals surface area contributed by atoms with Gasteiger partial charge in [0.15, 0.2) is 0 Å². The zero-order valence-corrected chi connectivity index (χ0v) is 20.6. The number of aliphatic imine (C=N–C) groups is 2. The van der Waals surface area contributed by atoms with Crippen LogP contribution < -0.4 is 5.32 Å². The lowest BCUT2D eigenvalue weighted by molar-refractivity contribution is -0.137. The molecule has 0 atom stereocenters. The van der Waals surface area contributed by atoms with Gasteiger partial charge in [0, 0.05) is 56.7 Å². The van der Waals surface area contributed by atoms with Gasteiger partial charge in [-0.15, -0.1) is 5.92 Å². The number of allylic oxidation sites excluding steroid dienone is 3. The van der Waals surface area contributed by atoms with E-state index in [0.717, 1.165) is 12.1 Å². The van der Waals surface area contributed by atoms with Gasteiger partial charge >= 0.3 is 6.18 Å². The molecule has 9 heteroatoms. The second-order valence-electron chi connectivity index (χ2n) is 8.27. The van der Waals surface area contributed by atoms with Crippen LogP contribution in [0.2, 0.25) is 0 Å². The van der Waals surface area contributed by atoms with E-state index in [1.54, 1.807) is 13.3 Å². The van der Waals surface area contributed by atoms with Crippen molar-refractivity contribution in [1.29, 1.82) is 0 Å². The number of nitrogens with one attached hydrogen (secondary N) is 1. The number of halogens is 4. The van der Waals surface area contributed by atoms with Crippen molar-refractivity contribution in [2.24, 2.45) is 21.8 Å². The topological polar surface area (TPSA) is 57.1 Å². The van der Waals surface area contributed by atoms with Crippen LogP contribution in [0.1, 0.15) is 31.4 Å². The number of rotatable bonds is 7. The van der Waals surface area contributed by atoms with Gasteiger partial charge in [-0.3, -0.25) is 14.8 Å². The smallest absolute Gasteiger partial charge is 0.389 e. The molecule has 0 aromatic heterocycles. The molecule has 1 aromatic rings. The second-order valence-corrected chi connectivity index (χ2v) is 8.27. The highest BCUT2D eigenvalue weighted by Gasteiger charge is 2.31. The summed E-state index contributed by atoms with van der Waals surface area (Å²) in [7, 11) is 3.14. The average Bonchev–Trinajstić information content (AvgIpc) is 2.77. The number of hydrogen-bond acceptors (Lipinski definition) is 5. The number of carbonyl (C=O) groups is 1. The van der Waals surface area contributed by atoms with Gasteiger partial charge in [0.2, 0.25) is 5.78 Å². The van der Waals surface area contributed by atoms with Crippen LogP contribution in [0.4, 0.5) is 17.6 Å². The Hall–Kier alpha value is -3.85. The number of nitrogens with zero attached hydrogens (tertiary/aromatic N) is 3. The van der Waals surface area contributed by atoms with Crippen LogP contribution in [0.3, 0.4) is 0 Å². The Morgan fingerprint density at radius 2 is 2.03 bits per heavy atom. The van der Waals surface area contributed by atoms with E-state index in [0.29, 0.717) is 36.5 Å². The normalized spacial score (nSPS) is 14.9. The molecule has 0 bridgehead atoms. The van der Waals surface area contributed by atoms with Crippen LogP contribution in [0.5, 0.6) is 0 Å². The van der Waals surface area contributed by atoms with Crippen LogP contribution >= 0.6 is 0 Å². The predicted molar refractivity (Wildman–Crippen MR) is 135 cm³/mol. The molecule has 36 heavy (non-hydrogen) atoms. The highest BCUT2D eigenvalue weighted by molar-refractivity contribution is 6.07. The maximum absolute atomic E-state index is 14.4. The lowest BCUT2D eigenvalue weighted by atomic mass is 9.99. The second kappa shape index (κ2) is 12.7. The van der Waals surface area contributed by atoms with E-state index in [1.165, 1.54) is 13.1 Å². The van der Waals surface area contributed by atoms with E-state index >= 15 is 0 Å². The van der Waals surface area contributed by atoms with Crippen LogP contribution in [0.25, 0.3) is 5.70 Å². The first-order valence-corrected chi connectivity index (χ1v) is 11.2. The van der Waals surface area contributed by atoms with Crippen molar-refractivity contribution in [2.45, 2.75) is 26.4 Å². The zero-order chi connectivity index (χ0) is 26.9. The molecular weight excluding hydrogens is 472 g/mol. The van der Waals surface area contributed by atoms with Crippen LogP contribution in [-0.4, -0.2) is 50.8 Å². The van der Waals surface area contributed by atoms with E-state index in [1.807, 2.05) is 18.7 Å². The van der Waals surface area contributed by atoms with Gasteiger partial charge in [0.25, 0.3) is 0 Å². The summed E-state index contributed by atoms with van der Waals surface area (Å²) in [5, 5.41) is 2.81. The Balaban J connectivity index is 2.19. The number of hydrogen-bond donors (Lipinski definition) is 1. The molecule has 0 spiro atoms. The third-order valence-electron chi connectivity index (χ3n) is 5.14. The standard InChI is InChI=1S/C27H28F4N4O/c1-18(2)9-10-19-16-35(17-19)21(15-32-3)14-22(36)7-6-8-25(33-4)26(34-5)23-12-11-20(13-24(23)28)27(29,30)31/h11-15,18-19,33H,5,8,16-17H2,1-4H3/b21-14+,26-25-,32-15?. The van der Waals surface area contributed by atoms with Crippen molar-refractivity contribution in [1.82, 2.24) is 10.2 Å². The number of carbonyl (C=O) groups excluding carboxylic acids is 1. The van der Waals surface area contributed by atoms with Crippen molar-refractivity contribution >= 4 is 24.4 Å². The van der Waals surface area contributed by atoms with Gasteiger partial charge < -0.3 is 10.2 Å². The van der Waals surface area contributed by atoms with Gasteiger partial charge in [0.1, 0.15) is 5.82 Å². The van der Waals surface area contributed by atoms with Crippen molar-refractivity contribution in [3.63, 3.8) is 0 Å². The Morgan fingerprint density at radius 1 is 1.33 bits per heavy atom. The van der Waals surface area contributed by atoms with Gasteiger partial charge in [-0.05, 0) is 30.8 Å². The van der Waals surface area contributed by atoms with Crippen molar-refractivity contribution < 1.29 is 22.4 Å². The van der Waals surface area contributed by atoms with E-state index in [4.69, 9.17) is 0 Å². The molecule has 1 saturated heterocycles. The van der Waals surface area contributed by atoms with Crippen LogP contribution in [0, 0.1) is 41.3 Å². The number of likely N-dealkylation sites (tertiary alicyclic amines) is 1. The average molecular weight is 501 g/mol. The molecule has 0 aliphatic carbocycles. The molecular formula is C27H28F4N4O. The minimum absolute atomic E-state index is 0.00829. The Kier molecular flexibility index (Phi) is 10.0. The van der Waals surface area contributed by atoms with E-state index in [9.17, 15) is 22.4 Å². The summed E-state index contributed by atoms with van der Waals surface area (Å²) in [5.74, 6) is 10.5. The van der Waals surface area contributed by atoms with Crippen molar-refractivity contribution in [3.8, 4) is 23.7 Å². The molecule has 190 valence electrons. The minimum atomic E-state index is -4.67. The van der Waals surface area contributed by atoms with Gasteiger partial charge in [-0.2, -0.15) is 13.2 Å². The predicted octanol–water partition coefficient (Wildman–Crippen LogP) is 4.57. The summed E-state index contributed by atoms with van der Waals surface area (Å²) in [6.45, 7) is 8.83. The summed E-state index contributed by atoms with van der Waals surface area (Å²) in [5.41, 5.74) is -0.331. The van der Waals surface area contributed by atoms with Gasteiger partial charge in [-0.1, -0.05) is 25.7 Å². The Labute approximate surface area is 209 Å². The molecule has 1 aromatic carbocycles. The van der Waals surface area contributed by atoms with E-state index in [-0.39, 0.29) is 23.6 Å². The first-order valence-electron chi connectivity index (χ1n) is 11.2. The molecule has 1 aliphatic heterocycles. The molecule has 0 radical (unpaired) electrons. The molecule has 1 aliphatic rings. The maximum Gasteiger partial charge on any atom is 0.416 e. The first-order chi connectivity index (χ1) is 17.0. The molecule has 2 rings (SSSR count). The fourth-order valence-electron chi connectivity index (χ4n) is 3.31. The molecule has 5 nitrogen and oxygen atoms in total. The number of alkyl halides is 3. The van der Waals surface area contributed by atoms with Crippen LogP contribution in [-0.2, 0) is 11.0 Å². The quantitative estimate of drug-likeness (QED) is 0.196. The van der Waals surface area contributed by atoms with Gasteiger partial charge in [-0.25, -0.2) is 4.39 Å². The summed E-state index contributed by atoms with van der Waals surface area (Å²) in [6, 6.07) is 2.16. The van der Waals surface area contributed by atoms with Gasteiger partial charge in [0.05, 0.1) is 29.3 Å². The zero-order valence-electron chi connectivity index (χ0n) is 20.6. The largest absolute Gasteiger partial charge is 0.416 e. The summed E-state index contributed by atoms with van der Waals surface area (Å²) >= 11 is 0. The number of benzene rings is 1. The SMILES string of the molecule is C=N/C(=C(/CC#CC(=O)/C=C(\C=NC)N1CC(C#CC(C)C)C1)NC)c1ccc(C(F)(F)F)cc1F. The molecule has 0 amide bonds. The highest BCUT2D eigenvalue weighted by Crippen LogP contribution is 2.32. The lowest BCUT2D eigenvalue weighted by Gasteiger charge is -2.38. The van der Waals surface area contributed by atoms with E-state index < -0.39 is 23.3 Å².